The van der Waals surface area contributed by atoms with Crippen LogP contribution in [0.4, 0.5) is 4.79 Å². The molecule has 0 aromatic heterocycles. The van der Waals surface area contributed by atoms with Crippen molar-refractivity contribution >= 4 is 17.9 Å². The van der Waals surface area contributed by atoms with Crippen LogP contribution >= 0.6 is 0 Å². The predicted octanol–water partition coefficient (Wildman–Crippen LogP) is 0.718. The Morgan fingerprint density at radius 2 is 1.93 bits per heavy atom. The second-order valence-corrected chi connectivity index (χ2v) is 6.23. The second-order valence-electron chi connectivity index (χ2n) is 6.23. The minimum atomic E-state index is -1.14. The fraction of sp³-hybridized carbons (Fsp3) is 0.474. The quantitative estimate of drug-likeness (QED) is 0.385. The van der Waals surface area contributed by atoms with Gasteiger partial charge in [-0.2, -0.15) is 5.26 Å². The lowest BCUT2D eigenvalue weighted by Crippen LogP contribution is -2.46. The highest BCUT2D eigenvalue weighted by atomic mass is 16.5. The van der Waals surface area contributed by atoms with Crippen LogP contribution in [0.5, 0.6) is 0 Å². The molecule has 0 spiro atoms. The molecular weight excluding hydrogens is 364 g/mol. The van der Waals surface area contributed by atoms with Crippen LogP contribution in [0.2, 0.25) is 0 Å². The Morgan fingerprint density at radius 3 is 2.57 bits per heavy atom. The number of rotatable bonds is 12. The number of nitriles is 1. The molecule has 1 rings (SSSR count). The molecule has 0 bridgehead atoms. The van der Waals surface area contributed by atoms with E-state index >= 15 is 0 Å². The molecule has 2 atom stereocenters. The van der Waals surface area contributed by atoms with Gasteiger partial charge in [-0.15, -0.1) is 0 Å². The molecule has 5 N–H and O–H groups in total. The van der Waals surface area contributed by atoms with E-state index in [9.17, 15) is 19.5 Å². The lowest BCUT2D eigenvalue weighted by Gasteiger charge is -2.17. The SMILES string of the molecule is N#CCCCC[C@H](NC(=O)C[C@@H](O)CNC(=O)OCc1ccccc1)C(N)=O. The highest BCUT2D eigenvalue weighted by Gasteiger charge is 2.20. The van der Waals surface area contributed by atoms with Crippen molar-refractivity contribution in [1.82, 2.24) is 10.6 Å². The fourth-order valence-electron chi connectivity index (χ4n) is 2.35. The standard InChI is InChI=1S/C19H26N4O5/c20-10-6-2-5-9-16(18(21)26)23-17(25)11-15(24)12-22-19(27)28-13-14-7-3-1-4-8-14/h1,3-4,7-8,15-16,24H,2,5-6,9,11-13H2,(H2,21,26)(H,22,27)(H,23,25)/t15-,16+/m1/s1. The van der Waals surface area contributed by atoms with E-state index in [2.05, 4.69) is 10.6 Å². The predicted molar refractivity (Wildman–Crippen MR) is 100 cm³/mol. The summed E-state index contributed by atoms with van der Waals surface area (Å²) in [6.45, 7) is -0.0835. The van der Waals surface area contributed by atoms with Crippen molar-refractivity contribution in [2.24, 2.45) is 5.73 Å². The zero-order valence-electron chi connectivity index (χ0n) is 15.6. The van der Waals surface area contributed by atoms with Crippen LogP contribution in [-0.4, -0.2) is 41.7 Å². The van der Waals surface area contributed by atoms with Gasteiger partial charge in [0, 0.05) is 13.0 Å². The first kappa shape index (κ1) is 22.9. The number of hydrogen-bond acceptors (Lipinski definition) is 6. The third kappa shape index (κ3) is 10.1. The topological polar surface area (TPSA) is 155 Å². The van der Waals surface area contributed by atoms with Crippen molar-refractivity contribution < 1.29 is 24.2 Å². The van der Waals surface area contributed by atoms with Crippen molar-refractivity contribution in [2.75, 3.05) is 6.54 Å². The number of hydrogen-bond donors (Lipinski definition) is 4. The molecule has 3 amide bonds. The number of nitrogens with one attached hydrogen (secondary N) is 2. The second kappa shape index (κ2) is 13.1. The largest absolute Gasteiger partial charge is 0.445 e. The smallest absolute Gasteiger partial charge is 0.407 e. The molecule has 0 saturated heterocycles. The van der Waals surface area contributed by atoms with Crippen LogP contribution in [-0.2, 0) is 20.9 Å². The summed E-state index contributed by atoms with van der Waals surface area (Å²) in [6.07, 6.45) is -0.298. The third-order valence-electron chi connectivity index (χ3n) is 3.83. The summed E-state index contributed by atoms with van der Waals surface area (Å²) in [6, 6.07) is 10.2. The first-order valence-electron chi connectivity index (χ1n) is 9.00. The summed E-state index contributed by atoms with van der Waals surface area (Å²) >= 11 is 0. The van der Waals surface area contributed by atoms with Crippen LogP contribution in [0, 0.1) is 11.3 Å². The van der Waals surface area contributed by atoms with Gasteiger partial charge in [0.2, 0.25) is 11.8 Å². The molecule has 0 unspecified atom stereocenters. The van der Waals surface area contributed by atoms with Crippen molar-refractivity contribution in [2.45, 2.75) is 50.9 Å². The number of alkyl carbamates (subject to hydrolysis) is 1. The first-order chi connectivity index (χ1) is 13.4. The number of aliphatic hydroxyl groups excluding tert-OH is 1. The molecular formula is C19H26N4O5. The van der Waals surface area contributed by atoms with Gasteiger partial charge in [-0.3, -0.25) is 9.59 Å². The Morgan fingerprint density at radius 1 is 1.21 bits per heavy atom. The number of unbranched alkanes of at least 4 members (excludes halogenated alkanes) is 2. The number of nitrogens with zero attached hydrogens (tertiary/aromatic N) is 1. The molecule has 152 valence electrons. The van der Waals surface area contributed by atoms with Gasteiger partial charge in [-0.05, 0) is 24.8 Å². The average Bonchev–Trinajstić information content (AvgIpc) is 2.67. The molecule has 0 saturated carbocycles. The van der Waals surface area contributed by atoms with E-state index in [1.165, 1.54) is 0 Å². The lowest BCUT2D eigenvalue weighted by molar-refractivity contribution is -0.128. The number of nitrogens with two attached hydrogens (primary N) is 1. The molecule has 1 aromatic rings. The molecule has 9 nitrogen and oxygen atoms in total. The van der Waals surface area contributed by atoms with Gasteiger partial charge in [-0.25, -0.2) is 4.79 Å². The van der Waals surface area contributed by atoms with Crippen LogP contribution < -0.4 is 16.4 Å². The van der Waals surface area contributed by atoms with Crippen molar-refractivity contribution in [1.29, 1.82) is 5.26 Å². The minimum absolute atomic E-state index is 0.0926. The van der Waals surface area contributed by atoms with E-state index < -0.39 is 30.1 Å². The zero-order chi connectivity index (χ0) is 20.8. The monoisotopic (exact) mass is 390 g/mol. The number of benzene rings is 1. The Bertz CT molecular complexity index is 675. The van der Waals surface area contributed by atoms with Crippen LogP contribution in [0.1, 0.15) is 37.7 Å². The number of aliphatic hydroxyl groups is 1. The Labute approximate surface area is 163 Å². The molecule has 0 heterocycles. The maximum Gasteiger partial charge on any atom is 0.407 e. The van der Waals surface area contributed by atoms with E-state index in [1.54, 1.807) is 0 Å². The normalized spacial score (nSPS) is 12.3. The van der Waals surface area contributed by atoms with Gasteiger partial charge in [0.25, 0.3) is 0 Å². The van der Waals surface area contributed by atoms with Crippen molar-refractivity contribution in [3.63, 3.8) is 0 Å². The summed E-state index contributed by atoms with van der Waals surface area (Å²) < 4.78 is 5.00. The zero-order valence-corrected chi connectivity index (χ0v) is 15.6. The number of primary amides is 1. The highest BCUT2D eigenvalue weighted by molar-refractivity contribution is 5.86. The Kier molecular flexibility index (Phi) is 10.7. The number of amides is 3. The fourth-order valence-corrected chi connectivity index (χ4v) is 2.35. The number of carbonyl (C=O) groups excluding carboxylic acids is 3. The van der Waals surface area contributed by atoms with Gasteiger partial charge >= 0.3 is 6.09 Å². The van der Waals surface area contributed by atoms with Crippen LogP contribution in [0.15, 0.2) is 30.3 Å². The number of carbonyl (C=O) groups is 3. The summed E-state index contributed by atoms with van der Waals surface area (Å²) in [5, 5.41) is 23.2. The first-order valence-corrected chi connectivity index (χ1v) is 9.00. The number of ether oxygens (including phenoxy) is 1. The molecule has 0 aliphatic rings. The van der Waals surface area contributed by atoms with E-state index in [4.69, 9.17) is 15.7 Å². The molecule has 0 aliphatic heterocycles. The lowest BCUT2D eigenvalue weighted by atomic mass is 10.1. The maximum atomic E-state index is 11.9. The van der Waals surface area contributed by atoms with E-state index in [-0.39, 0.29) is 19.6 Å². The van der Waals surface area contributed by atoms with Crippen LogP contribution in [0.3, 0.4) is 0 Å². The van der Waals surface area contributed by atoms with Crippen molar-refractivity contribution in [3.8, 4) is 6.07 Å². The third-order valence-corrected chi connectivity index (χ3v) is 3.83. The van der Waals surface area contributed by atoms with Gasteiger partial charge in [-0.1, -0.05) is 30.3 Å². The molecule has 9 heteroatoms. The van der Waals surface area contributed by atoms with Gasteiger partial charge in [0.15, 0.2) is 0 Å². The summed E-state index contributed by atoms with van der Waals surface area (Å²) in [7, 11) is 0. The minimum Gasteiger partial charge on any atom is -0.445 e. The van der Waals surface area contributed by atoms with Gasteiger partial charge < -0.3 is 26.2 Å². The van der Waals surface area contributed by atoms with E-state index in [0.29, 0.717) is 25.7 Å². The van der Waals surface area contributed by atoms with E-state index in [0.717, 1.165) is 5.56 Å². The summed E-state index contributed by atoms with van der Waals surface area (Å²) in [5.74, 6) is -1.24. The summed E-state index contributed by atoms with van der Waals surface area (Å²) in [4.78, 5) is 34.9. The molecule has 1 aromatic carbocycles. The maximum absolute atomic E-state index is 11.9. The Balaban J connectivity index is 2.27. The molecule has 28 heavy (non-hydrogen) atoms. The van der Waals surface area contributed by atoms with E-state index in [1.807, 2.05) is 36.4 Å². The highest BCUT2D eigenvalue weighted by Crippen LogP contribution is 2.04. The van der Waals surface area contributed by atoms with Crippen LogP contribution in [0.25, 0.3) is 0 Å². The molecule has 0 fully saturated rings. The molecule has 0 aliphatic carbocycles. The van der Waals surface area contributed by atoms with Gasteiger partial charge in [0.1, 0.15) is 12.6 Å². The van der Waals surface area contributed by atoms with Crippen molar-refractivity contribution in [3.05, 3.63) is 35.9 Å². The average molecular weight is 390 g/mol. The Hall–Kier alpha value is -3.12. The van der Waals surface area contributed by atoms with Gasteiger partial charge in [0.05, 0.1) is 18.6 Å². The molecule has 0 radical (unpaired) electrons. The summed E-state index contributed by atoms with van der Waals surface area (Å²) in [5.41, 5.74) is 6.08.